The molecule has 0 bridgehead atoms. The number of hydrogen-bond donors (Lipinski definition) is 1. The van der Waals surface area contributed by atoms with Crippen molar-refractivity contribution >= 4 is 11.8 Å². The van der Waals surface area contributed by atoms with Crippen molar-refractivity contribution in [3.63, 3.8) is 0 Å². The van der Waals surface area contributed by atoms with Gasteiger partial charge in [0.25, 0.3) is 0 Å². The fraction of sp³-hybridized carbons (Fsp3) is 1.00. The maximum absolute atomic E-state index is 3.64. The summed E-state index contributed by atoms with van der Waals surface area (Å²) in [5, 5.41) is 3.64. The van der Waals surface area contributed by atoms with Crippen LogP contribution in [0.2, 0.25) is 0 Å². The van der Waals surface area contributed by atoms with E-state index >= 15 is 0 Å². The summed E-state index contributed by atoms with van der Waals surface area (Å²) >= 11 is 2.11. The Bertz CT molecular complexity index is 134. The highest BCUT2D eigenvalue weighted by atomic mass is 32.2. The molecule has 0 rings (SSSR count). The van der Waals surface area contributed by atoms with Crippen LogP contribution in [0.15, 0.2) is 0 Å². The molecule has 92 valence electrons. The lowest BCUT2D eigenvalue weighted by molar-refractivity contribution is 0.434. The highest BCUT2D eigenvalue weighted by Gasteiger charge is 2.11. The van der Waals surface area contributed by atoms with Gasteiger partial charge in [0.05, 0.1) is 0 Å². The zero-order valence-corrected chi connectivity index (χ0v) is 12.0. The Labute approximate surface area is 101 Å². The van der Waals surface area contributed by atoms with Crippen molar-refractivity contribution in [2.24, 2.45) is 11.8 Å². The molecule has 1 N–H and O–H groups in total. The molecule has 1 nitrogen and oxygen atoms in total. The van der Waals surface area contributed by atoms with Crippen molar-refractivity contribution in [3.8, 4) is 0 Å². The Hall–Kier alpha value is 0.310. The van der Waals surface area contributed by atoms with Gasteiger partial charge in [-0.1, -0.05) is 34.6 Å². The van der Waals surface area contributed by atoms with Crippen molar-refractivity contribution < 1.29 is 0 Å². The molecule has 0 saturated heterocycles. The van der Waals surface area contributed by atoms with E-state index in [2.05, 4.69) is 51.7 Å². The number of hydrogen-bond acceptors (Lipinski definition) is 2. The van der Waals surface area contributed by atoms with Gasteiger partial charge in [-0.2, -0.15) is 11.8 Å². The number of thioether (sulfide) groups is 1. The Morgan fingerprint density at radius 2 is 1.80 bits per heavy atom. The first kappa shape index (κ1) is 15.3. The van der Waals surface area contributed by atoms with E-state index in [-0.39, 0.29) is 0 Å². The van der Waals surface area contributed by atoms with E-state index in [0.717, 1.165) is 18.4 Å². The summed E-state index contributed by atoms with van der Waals surface area (Å²) in [5.74, 6) is 4.18. The molecular formula is C13H29NS. The minimum Gasteiger partial charge on any atom is -0.313 e. The van der Waals surface area contributed by atoms with Crippen molar-refractivity contribution in [2.45, 2.75) is 53.5 Å². The van der Waals surface area contributed by atoms with Gasteiger partial charge in [-0.3, -0.25) is 0 Å². The first-order valence-corrected chi connectivity index (χ1v) is 7.54. The summed E-state index contributed by atoms with van der Waals surface area (Å²) in [6, 6.07) is 0.696. The quantitative estimate of drug-likeness (QED) is 0.606. The SMILES string of the molecule is CCCNC(CSCCC(C)C)C(C)C. The summed E-state index contributed by atoms with van der Waals surface area (Å²) in [5.41, 5.74) is 0. The molecule has 0 aliphatic heterocycles. The topological polar surface area (TPSA) is 12.0 Å². The molecular weight excluding hydrogens is 202 g/mol. The van der Waals surface area contributed by atoms with Gasteiger partial charge in [-0.15, -0.1) is 0 Å². The third-order valence-corrected chi connectivity index (χ3v) is 3.72. The second-order valence-electron chi connectivity index (χ2n) is 5.06. The molecule has 1 unspecified atom stereocenters. The highest BCUT2D eigenvalue weighted by Crippen LogP contribution is 2.13. The molecule has 0 aliphatic carbocycles. The number of nitrogens with one attached hydrogen (secondary N) is 1. The van der Waals surface area contributed by atoms with Crippen LogP contribution >= 0.6 is 11.8 Å². The molecule has 0 aliphatic rings. The van der Waals surface area contributed by atoms with Gasteiger partial charge in [-0.05, 0) is 37.0 Å². The van der Waals surface area contributed by atoms with Crippen LogP contribution in [-0.4, -0.2) is 24.1 Å². The Morgan fingerprint density at radius 1 is 1.13 bits per heavy atom. The van der Waals surface area contributed by atoms with Crippen molar-refractivity contribution in [2.75, 3.05) is 18.1 Å². The average molecular weight is 231 g/mol. The van der Waals surface area contributed by atoms with Crippen LogP contribution in [0.5, 0.6) is 0 Å². The zero-order valence-electron chi connectivity index (χ0n) is 11.2. The van der Waals surface area contributed by atoms with E-state index in [1.54, 1.807) is 0 Å². The monoisotopic (exact) mass is 231 g/mol. The summed E-state index contributed by atoms with van der Waals surface area (Å²) < 4.78 is 0. The van der Waals surface area contributed by atoms with E-state index in [9.17, 15) is 0 Å². The molecule has 0 aromatic rings. The van der Waals surface area contributed by atoms with Crippen LogP contribution in [0.4, 0.5) is 0 Å². The Balaban J connectivity index is 3.57. The third-order valence-electron chi connectivity index (χ3n) is 2.60. The smallest absolute Gasteiger partial charge is 0.0181 e. The molecule has 2 heteroatoms. The van der Waals surface area contributed by atoms with Gasteiger partial charge in [-0.25, -0.2) is 0 Å². The summed E-state index contributed by atoms with van der Waals surface area (Å²) in [6.07, 6.45) is 2.59. The maximum atomic E-state index is 3.64. The Kier molecular flexibility index (Phi) is 9.73. The van der Waals surface area contributed by atoms with Crippen LogP contribution in [-0.2, 0) is 0 Å². The molecule has 0 radical (unpaired) electrons. The van der Waals surface area contributed by atoms with Crippen LogP contribution < -0.4 is 5.32 Å². The first-order chi connectivity index (χ1) is 7.07. The van der Waals surface area contributed by atoms with Crippen LogP contribution in [0, 0.1) is 11.8 Å². The normalized spacial score (nSPS) is 13.8. The molecule has 0 heterocycles. The highest BCUT2D eigenvalue weighted by molar-refractivity contribution is 7.99. The van der Waals surface area contributed by atoms with Crippen LogP contribution in [0.1, 0.15) is 47.5 Å². The minimum atomic E-state index is 0.696. The lowest BCUT2D eigenvalue weighted by Crippen LogP contribution is -2.36. The molecule has 0 saturated carbocycles. The standard InChI is InChI=1S/C13H29NS/c1-6-8-14-13(12(4)5)10-15-9-7-11(2)3/h11-14H,6-10H2,1-5H3. The maximum Gasteiger partial charge on any atom is 0.0181 e. The number of rotatable bonds is 9. The van der Waals surface area contributed by atoms with E-state index in [0.29, 0.717) is 6.04 Å². The van der Waals surface area contributed by atoms with Crippen molar-refractivity contribution in [1.82, 2.24) is 5.32 Å². The average Bonchev–Trinajstić information content (AvgIpc) is 2.15. The van der Waals surface area contributed by atoms with E-state index in [4.69, 9.17) is 0 Å². The van der Waals surface area contributed by atoms with Gasteiger partial charge < -0.3 is 5.32 Å². The second kappa shape index (κ2) is 9.53. The molecule has 15 heavy (non-hydrogen) atoms. The van der Waals surface area contributed by atoms with Gasteiger partial charge in [0.2, 0.25) is 0 Å². The zero-order chi connectivity index (χ0) is 11.7. The van der Waals surface area contributed by atoms with Crippen molar-refractivity contribution in [1.29, 1.82) is 0 Å². The molecule has 0 amide bonds. The first-order valence-electron chi connectivity index (χ1n) is 6.39. The lowest BCUT2D eigenvalue weighted by atomic mass is 10.1. The minimum absolute atomic E-state index is 0.696. The van der Waals surface area contributed by atoms with Gasteiger partial charge in [0, 0.05) is 11.8 Å². The molecule has 0 aromatic carbocycles. The van der Waals surface area contributed by atoms with E-state index < -0.39 is 0 Å². The summed E-state index contributed by atoms with van der Waals surface area (Å²) in [7, 11) is 0. The lowest BCUT2D eigenvalue weighted by Gasteiger charge is -2.22. The molecule has 0 aromatic heterocycles. The largest absolute Gasteiger partial charge is 0.313 e. The predicted molar refractivity (Wildman–Crippen MR) is 73.7 cm³/mol. The summed E-state index contributed by atoms with van der Waals surface area (Å²) in [4.78, 5) is 0. The molecule has 1 atom stereocenters. The van der Waals surface area contributed by atoms with Crippen LogP contribution in [0.25, 0.3) is 0 Å². The predicted octanol–water partition coefficient (Wildman–Crippen LogP) is 3.79. The molecule has 0 spiro atoms. The van der Waals surface area contributed by atoms with Gasteiger partial charge in [0.15, 0.2) is 0 Å². The Morgan fingerprint density at radius 3 is 2.27 bits per heavy atom. The van der Waals surface area contributed by atoms with E-state index in [1.165, 1.54) is 24.3 Å². The fourth-order valence-corrected chi connectivity index (χ4v) is 2.91. The molecule has 0 fully saturated rings. The van der Waals surface area contributed by atoms with E-state index in [1.807, 2.05) is 0 Å². The summed E-state index contributed by atoms with van der Waals surface area (Å²) in [6.45, 7) is 12.6. The van der Waals surface area contributed by atoms with Crippen molar-refractivity contribution in [3.05, 3.63) is 0 Å². The van der Waals surface area contributed by atoms with Crippen LogP contribution in [0.3, 0.4) is 0 Å². The fourth-order valence-electron chi connectivity index (χ4n) is 1.35. The van der Waals surface area contributed by atoms with Gasteiger partial charge >= 0.3 is 0 Å². The van der Waals surface area contributed by atoms with Gasteiger partial charge in [0.1, 0.15) is 0 Å². The third kappa shape index (κ3) is 9.25. The second-order valence-corrected chi connectivity index (χ2v) is 6.21.